The molecule has 1 unspecified atom stereocenters. The van der Waals surface area contributed by atoms with Gasteiger partial charge in [-0.05, 0) is 37.8 Å². The Morgan fingerprint density at radius 1 is 1.28 bits per heavy atom. The molecule has 1 saturated carbocycles. The van der Waals surface area contributed by atoms with Crippen LogP contribution in [0.1, 0.15) is 42.8 Å². The first-order valence-corrected chi connectivity index (χ1v) is 9.37. The predicted molar refractivity (Wildman–Crippen MR) is 96.6 cm³/mol. The largest absolute Gasteiger partial charge is 0.331 e. The zero-order valence-corrected chi connectivity index (χ0v) is 14.7. The van der Waals surface area contributed by atoms with E-state index in [0.717, 1.165) is 31.6 Å². The molecule has 1 aliphatic carbocycles. The molecule has 0 saturated heterocycles. The molecule has 2 aliphatic heterocycles. The fourth-order valence-electron chi connectivity index (χ4n) is 4.40. The summed E-state index contributed by atoms with van der Waals surface area (Å²) in [4.78, 5) is 21.8. The van der Waals surface area contributed by atoms with Crippen LogP contribution in [0, 0.1) is 0 Å². The summed E-state index contributed by atoms with van der Waals surface area (Å²) in [6, 6.07) is 9.22. The van der Waals surface area contributed by atoms with Gasteiger partial charge < -0.3 is 9.47 Å². The van der Waals surface area contributed by atoms with Crippen molar-refractivity contribution in [1.29, 1.82) is 0 Å². The van der Waals surface area contributed by atoms with E-state index in [1.807, 2.05) is 17.3 Å². The van der Waals surface area contributed by atoms with Crippen molar-refractivity contribution in [2.45, 2.75) is 51.2 Å². The molecule has 1 amide bonds. The highest BCUT2D eigenvalue weighted by Gasteiger charge is 2.33. The molecule has 0 radical (unpaired) electrons. The lowest BCUT2D eigenvalue weighted by molar-refractivity contribution is -0.120. The Kier molecular flexibility index (Phi) is 3.45. The standard InChI is InChI=1S/C20H24N4O/c1-14-10-15-4-2-3-5-18(15)24(14)20(25)12-22-9-8-19-17(11-22)21-13-23(19)16-6-7-16/h2-5,13-14,16H,6-12H2,1H3. The molecular formula is C20H24N4O. The second-order valence-electron chi connectivity index (χ2n) is 7.68. The summed E-state index contributed by atoms with van der Waals surface area (Å²) in [6.07, 6.45) is 6.55. The van der Waals surface area contributed by atoms with E-state index in [2.05, 4.69) is 39.6 Å². The quantitative estimate of drug-likeness (QED) is 0.865. The van der Waals surface area contributed by atoms with Crippen LogP contribution in [0.15, 0.2) is 30.6 Å². The highest BCUT2D eigenvalue weighted by atomic mass is 16.2. The fourth-order valence-corrected chi connectivity index (χ4v) is 4.40. The number of amides is 1. The Morgan fingerprint density at radius 3 is 2.96 bits per heavy atom. The average molecular weight is 336 g/mol. The third kappa shape index (κ3) is 2.58. The van der Waals surface area contributed by atoms with Crippen LogP contribution in [0.2, 0.25) is 0 Å². The predicted octanol–water partition coefficient (Wildman–Crippen LogP) is 2.55. The Balaban J connectivity index is 1.30. The smallest absolute Gasteiger partial charge is 0.241 e. The van der Waals surface area contributed by atoms with Crippen LogP contribution < -0.4 is 4.90 Å². The van der Waals surface area contributed by atoms with E-state index in [0.29, 0.717) is 12.6 Å². The monoisotopic (exact) mass is 336 g/mol. The van der Waals surface area contributed by atoms with Gasteiger partial charge in [0.15, 0.2) is 0 Å². The lowest BCUT2D eigenvalue weighted by Gasteiger charge is -2.30. The number of para-hydroxylation sites is 1. The molecule has 1 fully saturated rings. The van der Waals surface area contributed by atoms with Crippen molar-refractivity contribution in [3.05, 3.63) is 47.5 Å². The summed E-state index contributed by atoms with van der Waals surface area (Å²) in [5, 5.41) is 0. The Labute approximate surface area is 148 Å². The highest BCUT2D eigenvalue weighted by molar-refractivity contribution is 5.97. The van der Waals surface area contributed by atoms with Crippen LogP contribution in [0.25, 0.3) is 0 Å². The molecule has 0 spiro atoms. The maximum absolute atomic E-state index is 13.0. The average Bonchev–Trinajstić information content (AvgIpc) is 3.26. The summed E-state index contributed by atoms with van der Waals surface area (Å²) in [6.45, 7) is 4.36. The fraction of sp³-hybridized carbons (Fsp3) is 0.500. The van der Waals surface area contributed by atoms with Crippen molar-refractivity contribution in [2.24, 2.45) is 0 Å². The second-order valence-corrected chi connectivity index (χ2v) is 7.68. The van der Waals surface area contributed by atoms with Gasteiger partial charge in [-0.25, -0.2) is 4.98 Å². The van der Waals surface area contributed by atoms with Crippen molar-refractivity contribution < 1.29 is 4.79 Å². The number of hydrogen-bond acceptors (Lipinski definition) is 3. The van der Waals surface area contributed by atoms with Crippen LogP contribution >= 0.6 is 0 Å². The van der Waals surface area contributed by atoms with Gasteiger partial charge in [-0.1, -0.05) is 18.2 Å². The van der Waals surface area contributed by atoms with Crippen LogP contribution in [0.5, 0.6) is 0 Å². The molecule has 3 aliphatic rings. The zero-order chi connectivity index (χ0) is 17.0. The highest BCUT2D eigenvalue weighted by Crippen LogP contribution is 2.37. The first-order chi connectivity index (χ1) is 12.2. The third-order valence-electron chi connectivity index (χ3n) is 5.80. The number of imidazole rings is 1. The molecule has 0 N–H and O–H groups in total. The van der Waals surface area contributed by atoms with Gasteiger partial charge in [0.05, 0.1) is 18.6 Å². The molecule has 5 nitrogen and oxygen atoms in total. The van der Waals surface area contributed by atoms with Crippen molar-refractivity contribution in [2.75, 3.05) is 18.0 Å². The minimum absolute atomic E-state index is 0.211. The number of anilines is 1. The van der Waals surface area contributed by atoms with E-state index in [1.54, 1.807) is 0 Å². The maximum atomic E-state index is 13.0. The SMILES string of the molecule is CC1Cc2ccccc2N1C(=O)CN1CCc2c(ncn2C2CC2)C1. The second kappa shape index (κ2) is 5.70. The Hall–Kier alpha value is -2.14. The molecular weight excluding hydrogens is 312 g/mol. The molecule has 2 aromatic rings. The number of nitrogens with zero attached hydrogens (tertiary/aromatic N) is 4. The first kappa shape index (κ1) is 15.1. The van der Waals surface area contributed by atoms with Crippen LogP contribution in [-0.4, -0.2) is 39.5 Å². The minimum Gasteiger partial charge on any atom is -0.331 e. The number of rotatable bonds is 3. The molecule has 3 heterocycles. The Bertz CT molecular complexity index is 823. The van der Waals surface area contributed by atoms with Crippen LogP contribution in [-0.2, 0) is 24.2 Å². The molecule has 1 aromatic heterocycles. The number of aromatic nitrogens is 2. The molecule has 5 rings (SSSR count). The van der Waals surface area contributed by atoms with Crippen molar-refractivity contribution >= 4 is 11.6 Å². The van der Waals surface area contributed by atoms with Gasteiger partial charge in [0.1, 0.15) is 0 Å². The van der Waals surface area contributed by atoms with Gasteiger partial charge in [-0.15, -0.1) is 0 Å². The van der Waals surface area contributed by atoms with E-state index in [-0.39, 0.29) is 11.9 Å². The maximum Gasteiger partial charge on any atom is 0.241 e. The summed E-state index contributed by atoms with van der Waals surface area (Å²) in [7, 11) is 0. The minimum atomic E-state index is 0.211. The number of fused-ring (bicyclic) bond motifs is 2. The number of benzene rings is 1. The van der Waals surface area contributed by atoms with E-state index < -0.39 is 0 Å². The molecule has 5 heteroatoms. The molecule has 25 heavy (non-hydrogen) atoms. The lowest BCUT2D eigenvalue weighted by Crippen LogP contribution is -2.44. The first-order valence-electron chi connectivity index (χ1n) is 9.37. The molecule has 1 aromatic carbocycles. The van der Waals surface area contributed by atoms with Crippen molar-refractivity contribution in [1.82, 2.24) is 14.5 Å². The third-order valence-corrected chi connectivity index (χ3v) is 5.80. The van der Waals surface area contributed by atoms with Gasteiger partial charge >= 0.3 is 0 Å². The van der Waals surface area contributed by atoms with Gasteiger partial charge in [-0.2, -0.15) is 0 Å². The summed E-state index contributed by atoms with van der Waals surface area (Å²) in [5.41, 5.74) is 4.94. The summed E-state index contributed by atoms with van der Waals surface area (Å²) < 4.78 is 2.37. The molecule has 130 valence electrons. The Morgan fingerprint density at radius 2 is 2.12 bits per heavy atom. The van der Waals surface area contributed by atoms with E-state index >= 15 is 0 Å². The zero-order valence-electron chi connectivity index (χ0n) is 14.7. The lowest BCUT2D eigenvalue weighted by atomic mass is 10.1. The van der Waals surface area contributed by atoms with E-state index in [4.69, 9.17) is 0 Å². The van der Waals surface area contributed by atoms with Crippen molar-refractivity contribution in [3.8, 4) is 0 Å². The van der Waals surface area contributed by atoms with Gasteiger partial charge in [0.25, 0.3) is 0 Å². The molecule has 1 atom stereocenters. The van der Waals surface area contributed by atoms with Gasteiger partial charge in [-0.3, -0.25) is 9.69 Å². The van der Waals surface area contributed by atoms with Crippen LogP contribution in [0.3, 0.4) is 0 Å². The van der Waals surface area contributed by atoms with Gasteiger partial charge in [0, 0.05) is 43.0 Å². The normalized spacial score (nSPS) is 22.8. The van der Waals surface area contributed by atoms with Crippen LogP contribution in [0.4, 0.5) is 5.69 Å². The number of hydrogen-bond donors (Lipinski definition) is 0. The summed E-state index contributed by atoms with van der Waals surface area (Å²) >= 11 is 0. The topological polar surface area (TPSA) is 41.4 Å². The number of carbonyl (C=O) groups is 1. The van der Waals surface area contributed by atoms with Crippen molar-refractivity contribution in [3.63, 3.8) is 0 Å². The van der Waals surface area contributed by atoms with Gasteiger partial charge in [0.2, 0.25) is 5.91 Å². The molecule has 0 bridgehead atoms. The van der Waals surface area contributed by atoms with E-state index in [1.165, 1.54) is 29.8 Å². The van der Waals surface area contributed by atoms with E-state index in [9.17, 15) is 4.79 Å². The summed E-state index contributed by atoms with van der Waals surface area (Å²) in [5.74, 6) is 0.211. The number of carbonyl (C=O) groups excluding carboxylic acids is 1.